The Morgan fingerprint density at radius 2 is 1.92 bits per heavy atom. The van der Waals surface area contributed by atoms with Crippen molar-refractivity contribution in [2.24, 2.45) is 7.05 Å². The van der Waals surface area contributed by atoms with Gasteiger partial charge >= 0.3 is 0 Å². The molecule has 2 heterocycles. The van der Waals surface area contributed by atoms with E-state index in [2.05, 4.69) is 53.7 Å². The Balaban J connectivity index is 1.65. The number of aryl methyl sites for hydroxylation is 2. The topological polar surface area (TPSA) is 50.2 Å². The molecule has 1 N–H and O–H groups in total. The van der Waals surface area contributed by atoms with Crippen LogP contribution in [0.2, 0.25) is 0 Å². The van der Waals surface area contributed by atoms with Crippen molar-refractivity contribution in [1.29, 1.82) is 0 Å². The average molecular weight is 342 g/mol. The first-order chi connectivity index (χ1) is 11.4. The molecule has 5 nitrogen and oxygen atoms in total. The van der Waals surface area contributed by atoms with E-state index in [-0.39, 0.29) is 5.91 Å². The predicted molar refractivity (Wildman–Crippen MR) is 98.3 cm³/mol. The summed E-state index contributed by atoms with van der Waals surface area (Å²) in [5.41, 5.74) is 3.33. The van der Waals surface area contributed by atoms with Gasteiger partial charge in [0.25, 0.3) is 5.91 Å². The number of benzene rings is 1. The maximum absolute atomic E-state index is 12.4. The van der Waals surface area contributed by atoms with Crippen LogP contribution in [-0.4, -0.2) is 34.7 Å². The molecule has 0 fully saturated rings. The third-order valence-corrected chi connectivity index (χ3v) is 5.10. The lowest BCUT2D eigenvalue weighted by atomic mass is 10.1. The van der Waals surface area contributed by atoms with Gasteiger partial charge in [0.1, 0.15) is 4.83 Å². The zero-order chi connectivity index (χ0) is 17.3. The van der Waals surface area contributed by atoms with Gasteiger partial charge in [0.05, 0.1) is 10.6 Å². The molecule has 3 rings (SSSR count). The minimum absolute atomic E-state index is 0.0343. The number of nitrogens with one attached hydrogen (secondary N) is 1. The molecule has 0 aliphatic heterocycles. The molecule has 0 aliphatic carbocycles. The highest BCUT2D eigenvalue weighted by atomic mass is 32.1. The van der Waals surface area contributed by atoms with E-state index in [0.717, 1.165) is 32.9 Å². The van der Waals surface area contributed by atoms with E-state index in [9.17, 15) is 4.79 Å². The van der Waals surface area contributed by atoms with Crippen molar-refractivity contribution in [2.45, 2.75) is 20.0 Å². The zero-order valence-electron chi connectivity index (χ0n) is 14.5. The molecule has 1 amide bonds. The smallest absolute Gasteiger partial charge is 0.261 e. The van der Waals surface area contributed by atoms with Gasteiger partial charge in [-0.25, -0.2) is 0 Å². The van der Waals surface area contributed by atoms with E-state index in [4.69, 9.17) is 0 Å². The summed E-state index contributed by atoms with van der Waals surface area (Å²) in [6, 6.07) is 10.3. The second kappa shape index (κ2) is 6.75. The molecule has 1 aromatic carbocycles. The first-order valence-electron chi connectivity index (χ1n) is 7.88. The predicted octanol–water partition coefficient (Wildman–Crippen LogP) is 2.93. The molecule has 2 aromatic heterocycles. The van der Waals surface area contributed by atoms with Crippen molar-refractivity contribution in [3.8, 4) is 0 Å². The number of aromatic nitrogens is 2. The summed E-state index contributed by atoms with van der Waals surface area (Å²) >= 11 is 1.48. The second-order valence-electron chi connectivity index (χ2n) is 6.28. The van der Waals surface area contributed by atoms with Crippen LogP contribution in [0.25, 0.3) is 10.2 Å². The van der Waals surface area contributed by atoms with E-state index in [1.54, 1.807) is 0 Å². The maximum Gasteiger partial charge on any atom is 0.261 e. The highest BCUT2D eigenvalue weighted by Crippen LogP contribution is 2.27. The lowest BCUT2D eigenvalue weighted by molar-refractivity contribution is 0.0955. The number of hydrogen-bond donors (Lipinski definition) is 1. The van der Waals surface area contributed by atoms with Crippen molar-refractivity contribution in [2.75, 3.05) is 14.1 Å². The van der Waals surface area contributed by atoms with E-state index < -0.39 is 0 Å². The van der Waals surface area contributed by atoms with Gasteiger partial charge < -0.3 is 10.2 Å². The van der Waals surface area contributed by atoms with E-state index >= 15 is 0 Å². The molecule has 3 aromatic rings. The second-order valence-corrected chi connectivity index (χ2v) is 7.31. The molecule has 6 heteroatoms. The quantitative estimate of drug-likeness (QED) is 0.776. The van der Waals surface area contributed by atoms with Gasteiger partial charge in [-0.05, 0) is 38.2 Å². The third kappa shape index (κ3) is 3.49. The van der Waals surface area contributed by atoms with Crippen LogP contribution in [0, 0.1) is 6.92 Å². The first kappa shape index (κ1) is 16.7. The van der Waals surface area contributed by atoms with Crippen LogP contribution in [0.15, 0.2) is 30.3 Å². The van der Waals surface area contributed by atoms with Gasteiger partial charge in [0.15, 0.2) is 0 Å². The molecule has 0 atom stereocenters. The van der Waals surface area contributed by atoms with Crippen LogP contribution < -0.4 is 5.32 Å². The van der Waals surface area contributed by atoms with E-state index in [0.29, 0.717) is 6.54 Å². The Morgan fingerprint density at radius 1 is 1.25 bits per heavy atom. The summed E-state index contributed by atoms with van der Waals surface area (Å²) in [5, 5.41) is 8.42. The number of amides is 1. The Labute approximate surface area is 145 Å². The first-order valence-corrected chi connectivity index (χ1v) is 8.69. The zero-order valence-corrected chi connectivity index (χ0v) is 15.3. The normalized spacial score (nSPS) is 11.4. The molecule has 0 aliphatic rings. The van der Waals surface area contributed by atoms with Crippen LogP contribution in [-0.2, 0) is 20.1 Å². The van der Waals surface area contributed by atoms with Crippen molar-refractivity contribution in [3.63, 3.8) is 0 Å². The van der Waals surface area contributed by atoms with Crippen LogP contribution in [0.4, 0.5) is 0 Å². The fraction of sp³-hybridized carbons (Fsp3) is 0.333. The highest BCUT2D eigenvalue weighted by molar-refractivity contribution is 7.20. The Bertz CT molecular complexity index is 827. The van der Waals surface area contributed by atoms with E-state index in [1.807, 2.05) is 24.7 Å². The van der Waals surface area contributed by atoms with Crippen molar-refractivity contribution < 1.29 is 4.79 Å². The van der Waals surface area contributed by atoms with Crippen LogP contribution >= 0.6 is 11.3 Å². The third-order valence-electron chi connectivity index (χ3n) is 3.89. The summed E-state index contributed by atoms with van der Waals surface area (Å²) in [4.78, 5) is 16.3. The van der Waals surface area contributed by atoms with E-state index in [1.165, 1.54) is 16.9 Å². The number of rotatable bonds is 5. The van der Waals surface area contributed by atoms with Crippen molar-refractivity contribution >= 4 is 27.5 Å². The van der Waals surface area contributed by atoms with Gasteiger partial charge in [-0.3, -0.25) is 9.48 Å². The molecule has 0 saturated carbocycles. The van der Waals surface area contributed by atoms with Gasteiger partial charge in [-0.2, -0.15) is 5.10 Å². The molecule has 0 bridgehead atoms. The Hall–Kier alpha value is -2.18. The highest BCUT2D eigenvalue weighted by Gasteiger charge is 2.14. The standard InChI is InChI=1S/C18H22N4OS/c1-12-15-9-16(24-18(15)22(4)20-12)17(23)19-10-13-5-7-14(8-6-13)11-21(2)3/h5-9H,10-11H2,1-4H3,(H,19,23). The fourth-order valence-corrected chi connectivity index (χ4v) is 3.75. The molecule has 0 radical (unpaired) electrons. The van der Waals surface area contributed by atoms with Gasteiger partial charge in [0.2, 0.25) is 0 Å². The molecule has 0 unspecified atom stereocenters. The van der Waals surface area contributed by atoms with Crippen molar-refractivity contribution in [3.05, 3.63) is 52.0 Å². The van der Waals surface area contributed by atoms with Gasteiger partial charge in [-0.1, -0.05) is 24.3 Å². The maximum atomic E-state index is 12.4. The number of fused-ring (bicyclic) bond motifs is 1. The number of hydrogen-bond acceptors (Lipinski definition) is 4. The number of carbonyl (C=O) groups excluding carboxylic acids is 1. The molecular weight excluding hydrogens is 320 g/mol. The average Bonchev–Trinajstić information content (AvgIpc) is 3.08. The minimum atomic E-state index is -0.0343. The number of carbonyl (C=O) groups is 1. The molecule has 0 saturated heterocycles. The van der Waals surface area contributed by atoms with Gasteiger partial charge in [0, 0.05) is 25.5 Å². The lowest BCUT2D eigenvalue weighted by Gasteiger charge is -2.10. The summed E-state index contributed by atoms with van der Waals surface area (Å²) in [6.45, 7) is 3.42. The summed E-state index contributed by atoms with van der Waals surface area (Å²) in [6.07, 6.45) is 0. The number of nitrogens with zero attached hydrogens (tertiary/aromatic N) is 3. The lowest BCUT2D eigenvalue weighted by Crippen LogP contribution is -2.21. The van der Waals surface area contributed by atoms with Crippen LogP contribution in [0.5, 0.6) is 0 Å². The largest absolute Gasteiger partial charge is 0.347 e. The molecule has 126 valence electrons. The van der Waals surface area contributed by atoms with Crippen LogP contribution in [0.3, 0.4) is 0 Å². The van der Waals surface area contributed by atoms with Crippen LogP contribution in [0.1, 0.15) is 26.5 Å². The Morgan fingerprint density at radius 3 is 2.54 bits per heavy atom. The summed E-state index contributed by atoms with van der Waals surface area (Å²) in [5.74, 6) is -0.0343. The molecule has 24 heavy (non-hydrogen) atoms. The Kier molecular flexibility index (Phi) is 4.69. The van der Waals surface area contributed by atoms with Gasteiger partial charge in [-0.15, -0.1) is 11.3 Å². The monoisotopic (exact) mass is 342 g/mol. The number of thiophene rings is 1. The fourth-order valence-electron chi connectivity index (χ4n) is 2.71. The summed E-state index contributed by atoms with van der Waals surface area (Å²) < 4.78 is 1.83. The SMILES string of the molecule is Cc1nn(C)c2sc(C(=O)NCc3ccc(CN(C)C)cc3)cc12. The minimum Gasteiger partial charge on any atom is -0.347 e. The molecular formula is C18H22N4OS. The molecule has 0 spiro atoms. The van der Waals surface area contributed by atoms with Crippen molar-refractivity contribution in [1.82, 2.24) is 20.0 Å². The summed E-state index contributed by atoms with van der Waals surface area (Å²) in [7, 11) is 6.01.